The van der Waals surface area contributed by atoms with Crippen LogP contribution in [-0.4, -0.2) is 43.7 Å². The van der Waals surface area contributed by atoms with Crippen LogP contribution in [0.4, 0.5) is 0 Å². The fraction of sp³-hybridized carbons (Fsp3) is 0.667. The van der Waals surface area contributed by atoms with Crippen molar-refractivity contribution in [1.29, 1.82) is 0 Å². The molecule has 0 spiro atoms. The SMILES string of the molecule is C#CCO[C@H]1C[C@@H](OC(C)=O)[C@@H](COC(C)=O)O1. The maximum atomic E-state index is 10.9. The summed E-state index contributed by atoms with van der Waals surface area (Å²) in [6, 6.07) is 0. The van der Waals surface area contributed by atoms with Gasteiger partial charge in [0.15, 0.2) is 6.29 Å². The number of esters is 2. The topological polar surface area (TPSA) is 71.1 Å². The number of hydrogen-bond donors (Lipinski definition) is 0. The van der Waals surface area contributed by atoms with Crippen LogP contribution >= 0.6 is 0 Å². The van der Waals surface area contributed by atoms with Gasteiger partial charge in [-0.1, -0.05) is 5.92 Å². The molecule has 100 valence electrons. The molecule has 0 amide bonds. The van der Waals surface area contributed by atoms with Gasteiger partial charge < -0.3 is 18.9 Å². The van der Waals surface area contributed by atoms with Crippen LogP contribution in [0.15, 0.2) is 0 Å². The normalized spacial score (nSPS) is 26.4. The lowest BCUT2D eigenvalue weighted by molar-refractivity contribution is -0.163. The highest BCUT2D eigenvalue weighted by Gasteiger charge is 2.38. The Balaban J connectivity index is 2.51. The molecule has 1 rings (SSSR count). The van der Waals surface area contributed by atoms with Crippen LogP contribution < -0.4 is 0 Å². The molecular weight excluding hydrogens is 240 g/mol. The first-order chi connectivity index (χ1) is 8.52. The molecule has 6 heteroatoms. The van der Waals surface area contributed by atoms with Crippen LogP contribution in [-0.2, 0) is 28.5 Å². The fourth-order valence-electron chi connectivity index (χ4n) is 1.61. The van der Waals surface area contributed by atoms with E-state index in [1.165, 1.54) is 13.8 Å². The largest absolute Gasteiger partial charge is 0.463 e. The lowest BCUT2D eigenvalue weighted by Crippen LogP contribution is -2.31. The second-order valence-corrected chi connectivity index (χ2v) is 3.81. The summed E-state index contributed by atoms with van der Waals surface area (Å²) in [5, 5.41) is 0. The zero-order valence-corrected chi connectivity index (χ0v) is 10.4. The minimum absolute atomic E-state index is 0.0171. The third-order valence-corrected chi connectivity index (χ3v) is 2.29. The monoisotopic (exact) mass is 256 g/mol. The summed E-state index contributed by atoms with van der Waals surface area (Å²) in [6.07, 6.45) is 3.87. The number of carbonyl (C=O) groups is 2. The summed E-state index contributed by atoms with van der Waals surface area (Å²) in [6.45, 7) is 2.72. The second-order valence-electron chi connectivity index (χ2n) is 3.81. The van der Waals surface area contributed by atoms with E-state index >= 15 is 0 Å². The molecule has 0 aromatic rings. The fourth-order valence-corrected chi connectivity index (χ4v) is 1.61. The van der Waals surface area contributed by atoms with Crippen molar-refractivity contribution in [3.8, 4) is 12.3 Å². The minimum atomic E-state index is -0.550. The molecule has 0 N–H and O–H groups in total. The molecule has 0 aromatic heterocycles. The van der Waals surface area contributed by atoms with Crippen LogP contribution in [0.1, 0.15) is 20.3 Å². The Labute approximate surface area is 106 Å². The number of carbonyl (C=O) groups excluding carboxylic acids is 2. The molecule has 0 aliphatic carbocycles. The molecule has 6 nitrogen and oxygen atoms in total. The average Bonchev–Trinajstić information content (AvgIpc) is 2.65. The summed E-state index contributed by atoms with van der Waals surface area (Å²) in [5.74, 6) is 1.47. The number of ether oxygens (including phenoxy) is 4. The number of rotatable bonds is 5. The molecule has 0 bridgehead atoms. The van der Waals surface area contributed by atoms with Crippen molar-refractivity contribution < 1.29 is 28.5 Å². The number of hydrogen-bond acceptors (Lipinski definition) is 6. The lowest BCUT2D eigenvalue weighted by Gasteiger charge is -2.17. The molecule has 1 fully saturated rings. The molecule has 3 atom stereocenters. The molecule has 0 aromatic carbocycles. The van der Waals surface area contributed by atoms with Gasteiger partial charge in [0, 0.05) is 20.3 Å². The van der Waals surface area contributed by atoms with Gasteiger partial charge in [0.1, 0.15) is 25.4 Å². The Kier molecular flexibility index (Phi) is 5.62. The Bertz CT molecular complexity index is 345. The summed E-state index contributed by atoms with van der Waals surface area (Å²) < 4.78 is 20.6. The maximum absolute atomic E-state index is 10.9. The maximum Gasteiger partial charge on any atom is 0.303 e. The predicted molar refractivity (Wildman–Crippen MR) is 60.3 cm³/mol. The van der Waals surface area contributed by atoms with E-state index in [-0.39, 0.29) is 13.2 Å². The Morgan fingerprint density at radius 2 is 2.11 bits per heavy atom. The Morgan fingerprint density at radius 3 is 2.67 bits per heavy atom. The second kappa shape index (κ2) is 6.99. The summed E-state index contributed by atoms with van der Waals surface area (Å²) in [5.41, 5.74) is 0. The lowest BCUT2D eigenvalue weighted by atomic mass is 10.2. The first-order valence-electron chi connectivity index (χ1n) is 5.54. The van der Waals surface area contributed by atoms with Crippen molar-refractivity contribution in [3.05, 3.63) is 0 Å². The molecule has 1 aliphatic rings. The first-order valence-corrected chi connectivity index (χ1v) is 5.54. The van der Waals surface area contributed by atoms with Gasteiger partial charge in [-0.3, -0.25) is 9.59 Å². The van der Waals surface area contributed by atoms with E-state index in [1.54, 1.807) is 0 Å². The van der Waals surface area contributed by atoms with Crippen molar-refractivity contribution in [1.82, 2.24) is 0 Å². The van der Waals surface area contributed by atoms with Gasteiger partial charge in [-0.25, -0.2) is 0 Å². The third kappa shape index (κ3) is 4.73. The zero-order valence-electron chi connectivity index (χ0n) is 10.4. The first kappa shape index (κ1) is 14.5. The molecule has 1 heterocycles. The molecular formula is C12H16O6. The van der Waals surface area contributed by atoms with Gasteiger partial charge in [-0.15, -0.1) is 6.42 Å². The van der Waals surface area contributed by atoms with Crippen LogP contribution in [0.25, 0.3) is 0 Å². The quantitative estimate of drug-likeness (QED) is 0.518. The van der Waals surface area contributed by atoms with Gasteiger partial charge >= 0.3 is 11.9 Å². The van der Waals surface area contributed by atoms with Crippen LogP contribution in [0.2, 0.25) is 0 Å². The van der Waals surface area contributed by atoms with Crippen LogP contribution in [0.5, 0.6) is 0 Å². The van der Waals surface area contributed by atoms with Gasteiger partial charge in [0.25, 0.3) is 0 Å². The van der Waals surface area contributed by atoms with Crippen molar-refractivity contribution in [3.63, 3.8) is 0 Å². The third-order valence-electron chi connectivity index (χ3n) is 2.29. The van der Waals surface area contributed by atoms with Gasteiger partial charge in [0.05, 0.1) is 0 Å². The zero-order chi connectivity index (χ0) is 13.5. The van der Waals surface area contributed by atoms with Gasteiger partial charge in [-0.05, 0) is 0 Å². The van der Waals surface area contributed by atoms with Crippen molar-refractivity contribution in [2.45, 2.75) is 38.8 Å². The predicted octanol–water partition coefficient (Wildman–Crippen LogP) is 0.246. The molecule has 18 heavy (non-hydrogen) atoms. The molecule has 0 radical (unpaired) electrons. The average molecular weight is 256 g/mol. The van der Waals surface area contributed by atoms with Crippen molar-refractivity contribution >= 4 is 11.9 Å². The number of terminal acetylenes is 1. The van der Waals surface area contributed by atoms with Gasteiger partial charge in [-0.2, -0.15) is 0 Å². The van der Waals surface area contributed by atoms with E-state index < -0.39 is 30.4 Å². The molecule has 0 saturated carbocycles. The molecule has 1 aliphatic heterocycles. The van der Waals surface area contributed by atoms with Gasteiger partial charge in [0.2, 0.25) is 0 Å². The van der Waals surface area contributed by atoms with Crippen molar-refractivity contribution in [2.75, 3.05) is 13.2 Å². The smallest absolute Gasteiger partial charge is 0.303 e. The Hall–Kier alpha value is -1.58. The highest BCUT2D eigenvalue weighted by molar-refractivity contribution is 5.66. The highest BCUT2D eigenvalue weighted by Crippen LogP contribution is 2.24. The highest BCUT2D eigenvalue weighted by atomic mass is 16.7. The van der Waals surface area contributed by atoms with E-state index in [4.69, 9.17) is 25.4 Å². The van der Waals surface area contributed by atoms with Crippen molar-refractivity contribution in [2.24, 2.45) is 0 Å². The van der Waals surface area contributed by atoms with E-state index in [9.17, 15) is 9.59 Å². The summed E-state index contributed by atoms with van der Waals surface area (Å²) in [7, 11) is 0. The van der Waals surface area contributed by atoms with Crippen LogP contribution in [0, 0.1) is 12.3 Å². The van der Waals surface area contributed by atoms with E-state index in [0.717, 1.165) is 0 Å². The molecule has 1 saturated heterocycles. The van der Waals surface area contributed by atoms with Crippen LogP contribution in [0.3, 0.4) is 0 Å². The summed E-state index contributed by atoms with van der Waals surface area (Å²) in [4.78, 5) is 21.7. The summed E-state index contributed by atoms with van der Waals surface area (Å²) >= 11 is 0. The standard InChI is InChI=1S/C12H16O6/c1-4-5-15-12-6-10(17-9(3)14)11(18-12)7-16-8(2)13/h1,10-12H,5-7H2,2-3H3/t10-,11-,12-/m1/s1. The van der Waals surface area contributed by atoms with E-state index in [1.807, 2.05) is 0 Å². The Morgan fingerprint density at radius 1 is 1.39 bits per heavy atom. The van der Waals surface area contributed by atoms with E-state index in [0.29, 0.717) is 6.42 Å². The van der Waals surface area contributed by atoms with E-state index in [2.05, 4.69) is 5.92 Å². The minimum Gasteiger partial charge on any atom is -0.463 e. The molecule has 0 unspecified atom stereocenters.